The molecule has 1 N–H and O–H groups in total. The first-order valence-electron chi connectivity index (χ1n) is 9.52. The summed E-state index contributed by atoms with van der Waals surface area (Å²) in [4.78, 5) is 18.3. The summed E-state index contributed by atoms with van der Waals surface area (Å²) in [6, 6.07) is 4.92. The van der Waals surface area contributed by atoms with Crippen LogP contribution in [0.4, 0.5) is 0 Å². The average molecular weight is 341 g/mol. The van der Waals surface area contributed by atoms with E-state index in [2.05, 4.69) is 21.3 Å². The molecule has 2 aliphatic rings. The van der Waals surface area contributed by atoms with Crippen LogP contribution in [0, 0.1) is 0 Å². The summed E-state index contributed by atoms with van der Waals surface area (Å²) in [5.41, 5.74) is 2.12. The Bertz CT molecular complexity index is 749. The van der Waals surface area contributed by atoms with E-state index in [1.165, 1.54) is 49.7 Å². The number of fused-ring (bicyclic) bond motifs is 1. The van der Waals surface area contributed by atoms with Crippen molar-refractivity contribution < 1.29 is 4.79 Å². The molecule has 1 aliphatic carbocycles. The molecule has 4 rings (SSSR count). The number of nitrogens with zero attached hydrogens (tertiary/aromatic N) is 4. The first kappa shape index (κ1) is 16.5. The van der Waals surface area contributed by atoms with E-state index >= 15 is 0 Å². The Morgan fingerprint density at radius 2 is 2.16 bits per heavy atom. The van der Waals surface area contributed by atoms with Crippen molar-refractivity contribution in [2.24, 2.45) is 0 Å². The Balaban J connectivity index is 1.54. The number of hydrogen-bond donors (Lipinski definition) is 1. The second-order valence-corrected chi connectivity index (χ2v) is 7.38. The largest absolute Gasteiger partial charge is 0.354 e. The van der Waals surface area contributed by atoms with Gasteiger partial charge in [0.2, 0.25) is 5.91 Å². The minimum atomic E-state index is -0.00681. The summed E-state index contributed by atoms with van der Waals surface area (Å²) in [7, 11) is 0. The molecule has 0 aromatic carbocycles. The molecule has 1 atom stereocenters. The summed E-state index contributed by atoms with van der Waals surface area (Å²) >= 11 is 0. The predicted molar refractivity (Wildman–Crippen MR) is 97.4 cm³/mol. The highest BCUT2D eigenvalue weighted by molar-refractivity contribution is 5.79. The lowest BCUT2D eigenvalue weighted by atomic mass is 10.0. The molecule has 0 bridgehead atoms. The van der Waals surface area contributed by atoms with Crippen LogP contribution in [0.2, 0.25) is 0 Å². The molecule has 2 aromatic rings. The van der Waals surface area contributed by atoms with Gasteiger partial charge >= 0.3 is 0 Å². The van der Waals surface area contributed by atoms with Crippen LogP contribution >= 0.6 is 0 Å². The van der Waals surface area contributed by atoms with Gasteiger partial charge in [-0.05, 0) is 37.9 Å². The van der Waals surface area contributed by atoms with E-state index in [1.54, 1.807) is 6.92 Å². The quantitative estimate of drug-likeness (QED) is 0.906. The maximum atomic E-state index is 11.1. The highest BCUT2D eigenvalue weighted by Crippen LogP contribution is 2.35. The fourth-order valence-electron chi connectivity index (χ4n) is 4.44. The number of aromatic nitrogens is 3. The van der Waals surface area contributed by atoms with E-state index in [4.69, 9.17) is 5.10 Å². The van der Waals surface area contributed by atoms with Crippen LogP contribution in [0.5, 0.6) is 0 Å². The number of amides is 1. The smallest absolute Gasteiger partial charge is 0.216 e. The Kier molecular flexibility index (Phi) is 4.70. The van der Waals surface area contributed by atoms with Crippen LogP contribution in [0.25, 0.3) is 11.0 Å². The normalized spacial score (nSPS) is 22.0. The number of carbonyl (C=O) groups excluding carboxylic acids is 1. The van der Waals surface area contributed by atoms with E-state index in [0.717, 1.165) is 18.2 Å². The zero-order chi connectivity index (χ0) is 17.2. The molecular formula is C19H27N5O. The van der Waals surface area contributed by atoms with Gasteiger partial charge in [-0.1, -0.05) is 12.8 Å². The van der Waals surface area contributed by atoms with Gasteiger partial charge in [0.05, 0.1) is 12.2 Å². The van der Waals surface area contributed by atoms with Gasteiger partial charge in [-0.3, -0.25) is 9.69 Å². The second kappa shape index (κ2) is 7.12. The molecule has 6 heteroatoms. The lowest BCUT2D eigenvalue weighted by molar-refractivity contribution is -0.118. The Hall–Kier alpha value is -1.95. The zero-order valence-electron chi connectivity index (χ0n) is 14.9. The first-order chi connectivity index (χ1) is 12.2. The molecule has 134 valence electrons. The molecule has 1 aliphatic heterocycles. The third-order valence-corrected chi connectivity index (χ3v) is 5.68. The highest BCUT2D eigenvalue weighted by atomic mass is 16.1. The van der Waals surface area contributed by atoms with Crippen molar-refractivity contribution in [3.63, 3.8) is 0 Å². The molecular weight excluding hydrogens is 314 g/mol. The van der Waals surface area contributed by atoms with Crippen LogP contribution in [-0.4, -0.2) is 51.2 Å². The molecule has 0 unspecified atom stereocenters. The fraction of sp³-hybridized carbons (Fsp3) is 0.632. The van der Waals surface area contributed by atoms with Gasteiger partial charge in [-0.15, -0.1) is 0 Å². The highest BCUT2D eigenvalue weighted by Gasteiger charge is 2.33. The van der Waals surface area contributed by atoms with Gasteiger partial charge in [0, 0.05) is 43.6 Å². The van der Waals surface area contributed by atoms with Gasteiger partial charge in [-0.25, -0.2) is 9.67 Å². The molecule has 2 fully saturated rings. The zero-order valence-corrected chi connectivity index (χ0v) is 14.9. The molecule has 2 aromatic heterocycles. The number of likely N-dealkylation sites (tertiary alicyclic amines) is 1. The van der Waals surface area contributed by atoms with Crippen LogP contribution in [0.1, 0.15) is 50.6 Å². The predicted octanol–water partition coefficient (Wildman–Crippen LogP) is 2.30. The molecule has 1 amide bonds. The number of carbonyl (C=O) groups is 1. The van der Waals surface area contributed by atoms with Crippen molar-refractivity contribution in [1.82, 2.24) is 25.0 Å². The van der Waals surface area contributed by atoms with Gasteiger partial charge in [-0.2, -0.15) is 5.10 Å². The standard InChI is InChI=1S/C19H27N5O/c1-14(25)20-10-12-24-19-17(7-4-9-21-19)18(22-24)15-8-11-23(13-15)16-5-2-3-6-16/h4,7,9,15-16H,2-3,5-6,8,10-13H2,1H3,(H,20,25)/t15-/m1/s1. The summed E-state index contributed by atoms with van der Waals surface area (Å²) in [6.07, 6.45) is 8.50. The van der Waals surface area contributed by atoms with Crippen LogP contribution in [0.15, 0.2) is 18.3 Å². The number of rotatable bonds is 5. The van der Waals surface area contributed by atoms with E-state index in [9.17, 15) is 4.79 Å². The molecule has 6 nitrogen and oxygen atoms in total. The molecule has 25 heavy (non-hydrogen) atoms. The van der Waals surface area contributed by atoms with Crippen molar-refractivity contribution >= 4 is 16.9 Å². The Labute approximate surface area is 148 Å². The van der Waals surface area contributed by atoms with Gasteiger partial charge in [0.1, 0.15) is 0 Å². The van der Waals surface area contributed by atoms with Crippen LogP contribution in [-0.2, 0) is 11.3 Å². The second-order valence-electron chi connectivity index (χ2n) is 7.38. The van der Waals surface area contributed by atoms with Gasteiger partial charge in [0.15, 0.2) is 5.65 Å². The maximum absolute atomic E-state index is 11.1. The average Bonchev–Trinajstić information content (AvgIpc) is 3.34. The summed E-state index contributed by atoms with van der Waals surface area (Å²) < 4.78 is 1.96. The number of pyridine rings is 1. The molecule has 0 radical (unpaired) electrons. The van der Waals surface area contributed by atoms with Gasteiger partial charge < -0.3 is 5.32 Å². The van der Waals surface area contributed by atoms with Crippen molar-refractivity contribution in [1.29, 1.82) is 0 Å². The summed E-state index contributed by atoms with van der Waals surface area (Å²) in [5.74, 6) is 0.488. The fourth-order valence-corrected chi connectivity index (χ4v) is 4.44. The number of nitrogens with one attached hydrogen (secondary N) is 1. The summed E-state index contributed by atoms with van der Waals surface area (Å²) in [5, 5.41) is 8.92. The van der Waals surface area contributed by atoms with E-state index < -0.39 is 0 Å². The van der Waals surface area contributed by atoms with E-state index in [-0.39, 0.29) is 5.91 Å². The first-order valence-corrected chi connectivity index (χ1v) is 9.52. The maximum Gasteiger partial charge on any atom is 0.216 e. The van der Waals surface area contributed by atoms with Crippen molar-refractivity contribution in [2.45, 2.75) is 57.5 Å². The SMILES string of the molecule is CC(=O)NCCn1nc([C@@H]2CCN(C3CCCC3)C2)c2cccnc21. The minimum absolute atomic E-state index is 0.00681. The van der Waals surface area contributed by atoms with Crippen molar-refractivity contribution in [3.8, 4) is 0 Å². The lowest BCUT2D eigenvalue weighted by Gasteiger charge is -2.23. The third-order valence-electron chi connectivity index (χ3n) is 5.68. The topological polar surface area (TPSA) is 63.1 Å². The minimum Gasteiger partial charge on any atom is -0.354 e. The lowest BCUT2D eigenvalue weighted by Crippen LogP contribution is -2.30. The molecule has 1 saturated heterocycles. The summed E-state index contributed by atoms with van der Waals surface area (Å²) in [6.45, 7) is 5.10. The van der Waals surface area contributed by atoms with E-state index in [0.29, 0.717) is 19.0 Å². The number of hydrogen-bond acceptors (Lipinski definition) is 4. The van der Waals surface area contributed by atoms with Gasteiger partial charge in [0.25, 0.3) is 0 Å². The van der Waals surface area contributed by atoms with Crippen molar-refractivity contribution in [3.05, 3.63) is 24.0 Å². The van der Waals surface area contributed by atoms with Crippen LogP contribution < -0.4 is 5.32 Å². The third kappa shape index (κ3) is 3.40. The molecule has 3 heterocycles. The van der Waals surface area contributed by atoms with E-state index in [1.807, 2.05) is 16.9 Å². The van der Waals surface area contributed by atoms with Crippen LogP contribution in [0.3, 0.4) is 0 Å². The Morgan fingerprint density at radius 1 is 1.32 bits per heavy atom. The molecule has 1 saturated carbocycles. The Morgan fingerprint density at radius 3 is 2.96 bits per heavy atom. The molecule has 0 spiro atoms. The monoisotopic (exact) mass is 341 g/mol. The van der Waals surface area contributed by atoms with Crippen molar-refractivity contribution in [2.75, 3.05) is 19.6 Å².